The summed E-state index contributed by atoms with van der Waals surface area (Å²) < 4.78 is 21.2. The van der Waals surface area contributed by atoms with Crippen LogP contribution < -0.4 is 10.5 Å². The van der Waals surface area contributed by atoms with Crippen molar-refractivity contribution in [3.8, 4) is 5.75 Å². The van der Waals surface area contributed by atoms with Crippen LogP contribution in [0.1, 0.15) is 16.8 Å². The third-order valence-electron chi connectivity index (χ3n) is 2.00. The number of hydrogen-bond acceptors (Lipinski definition) is 4. The Kier molecular flexibility index (Phi) is 4.47. The molecule has 0 aliphatic rings. The minimum atomic E-state index is -3.48. The predicted octanol–water partition coefficient (Wildman–Crippen LogP) is -0.199. The molecule has 6 nitrogen and oxygen atoms in total. The summed E-state index contributed by atoms with van der Waals surface area (Å²) in [6.07, 6.45) is 0.253. The number of carbonyl (C=O) groups is 1. The first kappa shape index (κ1) is 13.5. The maximum Gasteiger partial charge on any atom is 0.251 e. The molecule has 0 fully saturated rings. The molecule has 1 rings (SSSR count). The predicted molar refractivity (Wildman–Crippen MR) is 63.0 cm³/mol. The molecule has 0 heterocycles. The molecule has 17 heavy (non-hydrogen) atoms. The van der Waals surface area contributed by atoms with Gasteiger partial charge in [0, 0.05) is 12.1 Å². The summed E-state index contributed by atoms with van der Waals surface area (Å²) in [7, 11) is -3.48. The van der Waals surface area contributed by atoms with Gasteiger partial charge in [-0.05, 0) is 24.6 Å². The zero-order chi connectivity index (χ0) is 12.9. The van der Waals surface area contributed by atoms with Crippen molar-refractivity contribution in [1.82, 2.24) is 5.32 Å². The van der Waals surface area contributed by atoms with Crippen molar-refractivity contribution in [3.05, 3.63) is 29.8 Å². The normalized spacial score (nSPS) is 11.1. The molecule has 0 radical (unpaired) electrons. The van der Waals surface area contributed by atoms with Gasteiger partial charge in [0.2, 0.25) is 10.0 Å². The van der Waals surface area contributed by atoms with Crippen molar-refractivity contribution >= 4 is 15.9 Å². The van der Waals surface area contributed by atoms with Crippen LogP contribution in [-0.4, -0.2) is 31.7 Å². The van der Waals surface area contributed by atoms with E-state index in [0.717, 1.165) is 0 Å². The van der Waals surface area contributed by atoms with Gasteiger partial charge >= 0.3 is 0 Å². The first-order valence-electron chi connectivity index (χ1n) is 4.96. The molecule has 0 atom stereocenters. The largest absolute Gasteiger partial charge is 0.508 e. The van der Waals surface area contributed by atoms with Crippen LogP contribution in [0.25, 0.3) is 0 Å². The van der Waals surface area contributed by atoms with Crippen molar-refractivity contribution in [2.45, 2.75) is 6.42 Å². The summed E-state index contributed by atoms with van der Waals surface area (Å²) in [5, 5.41) is 16.5. The number of hydrogen-bond donors (Lipinski definition) is 3. The number of nitrogens with two attached hydrogens (primary N) is 1. The van der Waals surface area contributed by atoms with Crippen molar-refractivity contribution in [3.63, 3.8) is 0 Å². The summed E-state index contributed by atoms with van der Waals surface area (Å²) in [4.78, 5) is 11.5. The molecule has 0 aliphatic heterocycles. The molecule has 94 valence electrons. The number of phenols is 1. The topological polar surface area (TPSA) is 109 Å². The van der Waals surface area contributed by atoms with E-state index in [1.807, 2.05) is 0 Å². The van der Waals surface area contributed by atoms with Gasteiger partial charge in [0.15, 0.2) is 0 Å². The SMILES string of the molecule is NS(=O)(=O)CCCNC(=O)c1cccc(O)c1. The number of sulfonamides is 1. The minimum absolute atomic E-state index is 0.00202. The fraction of sp³-hybridized carbons (Fsp3) is 0.300. The van der Waals surface area contributed by atoms with E-state index in [9.17, 15) is 13.2 Å². The molecule has 1 aromatic rings. The third-order valence-corrected chi connectivity index (χ3v) is 2.86. The lowest BCUT2D eigenvalue weighted by Gasteiger charge is -2.04. The van der Waals surface area contributed by atoms with Crippen LogP contribution in [0.3, 0.4) is 0 Å². The number of benzene rings is 1. The van der Waals surface area contributed by atoms with Gasteiger partial charge in [0.05, 0.1) is 5.75 Å². The molecule has 0 unspecified atom stereocenters. The van der Waals surface area contributed by atoms with Crippen LogP contribution in [0.2, 0.25) is 0 Å². The van der Waals surface area contributed by atoms with Gasteiger partial charge < -0.3 is 10.4 Å². The highest BCUT2D eigenvalue weighted by Gasteiger charge is 2.06. The zero-order valence-corrected chi connectivity index (χ0v) is 9.90. The second kappa shape index (κ2) is 5.65. The van der Waals surface area contributed by atoms with E-state index in [4.69, 9.17) is 10.2 Å². The lowest BCUT2D eigenvalue weighted by molar-refractivity contribution is 0.0953. The standard InChI is InChI=1S/C10H14N2O4S/c11-17(15,16)6-2-5-12-10(14)8-3-1-4-9(13)7-8/h1,3-4,7,13H,2,5-6H2,(H,12,14)(H2,11,15,16). The van der Waals surface area contributed by atoms with Crippen molar-refractivity contribution in [2.24, 2.45) is 5.14 Å². The van der Waals surface area contributed by atoms with Gasteiger partial charge in [-0.15, -0.1) is 0 Å². The average Bonchev–Trinajstić information content (AvgIpc) is 2.23. The lowest BCUT2D eigenvalue weighted by Crippen LogP contribution is -2.27. The number of amides is 1. The summed E-state index contributed by atoms with van der Waals surface area (Å²) in [6.45, 7) is 0.213. The Morgan fingerprint density at radius 2 is 2.12 bits per heavy atom. The maximum absolute atomic E-state index is 11.5. The molecule has 0 bridgehead atoms. The van der Waals surface area contributed by atoms with E-state index in [2.05, 4.69) is 5.32 Å². The highest BCUT2D eigenvalue weighted by Crippen LogP contribution is 2.10. The highest BCUT2D eigenvalue weighted by atomic mass is 32.2. The molecule has 0 aliphatic carbocycles. The van der Waals surface area contributed by atoms with Gasteiger partial charge in [-0.3, -0.25) is 4.79 Å². The van der Waals surface area contributed by atoms with E-state index in [-0.39, 0.29) is 30.4 Å². The smallest absolute Gasteiger partial charge is 0.251 e. The molecule has 0 saturated carbocycles. The molecule has 7 heteroatoms. The van der Waals surface area contributed by atoms with Crippen LogP contribution in [0, 0.1) is 0 Å². The Morgan fingerprint density at radius 3 is 2.71 bits per heavy atom. The summed E-state index contributed by atoms with van der Waals surface area (Å²) in [5.74, 6) is -0.537. The molecule has 1 aromatic carbocycles. The highest BCUT2D eigenvalue weighted by molar-refractivity contribution is 7.89. The lowest BCUT2D eigenvalue weighted by atomic mass is 10.2. The number of aromatic hydroxyl groups is 1. The second-order valence-corrected chi connectivity index (χ2v) is 5.26. The van der Waals surface area contributed by atoms with Gasteiger partial charge in [0.1, 0.15) is 5.75 Å². The summed E-state index contributed by atoms with van der Waals surface area (Å²) >= 11 is 0. The van der Waals surface area contributed by atoms with Gasteiger partial charge in [-0.2, -0.15) is 0 Å². The fourth-order valence-electron chi connectivity index (χ4n) is 1.22. The Morgan fingerprint density at radius 1 is 1.41 bits per heavy atom. The monoisotopic (exact) mass is 258 g/mol. The molecule has 1 amide bonds. The molecule has 4 N–H and O–H groups in total. The number of carbonyl (C=O) groups excluding carboxylic acids is 1. The van der Waals surface area contributed by atoms with Gasteiger partial charge in [0.25, 0.3) is 5.91 Å². The minimum Gasteiger partial charge on any atom is -0.508 e. The van der Waals surface area contributed by atoms with E-state index in [1.54, 1.807) is 12.1 Å². The molecular weight excluding hydrogens is 244 g/mol. The Labute approximate surface area is 99.5 Å². The number of primary sulfonamides is 1. The number of nitrogens with one attached hydrogen (secondary N) is 1. The number of phenolic OH excluding ortho intramolecular Hbond substituents is 1. The number of rotatable bonds is 5. The van der Waals surface area contributed by atoms with E-state index < -0.39 is 10.0 Å². The quantitative estimate of drug-likeness (QED) is 0.635. The van der Waals surface area contributed by atoms with Crippen molar-refractivity contribution < 1.29 is 18.3 Å². The molecule has 0 saturated heterocycles. The zero-order valence-electron chi connectivity index (χ0n) is 9.09. The van der Waals surface area contributed by atoms with Crippen LogP contribution in [-0.2, 0) is 10.0 Å². The summed E-state index contributed by atoms with van der Waals surface area (Å²) in [6, 6.07) is 5.89. The van der Waals surface area contributed by atoms with E-state index >= 15 is 0 Å². The van der Waals surface area contributed by atoms with Crippen molar-refractivity contribution in [1.29, 1.82) is 0 Å². The third kappa shape index (κ3) is 5.32. The van der Waals surface area contributed by atoms with Crippen LogP contribution in [0.4, 0.5) is 0 Å². The average molecular weight is 258 g/mol. The second-order valence-electron chi connectivity index (χ2n) is 3.53. The van der Waals surface area contributed by atoms with E-state index in [0.29, 0.717) is 5.56 Å². The molecular formula is C10H14N2O4S. The fourth-order valence-corrected chi connectivity index (χ4v) is 1.77. The van der Waals surface area contributed by atoms with Crippen LogP contribution in [0.5, 0.6) is 5.75 Å². The first-order chi connectivity index (χ1) is 7.88. The Balaban J connectivity index is 2.41. The van der Waals surface area contributed by atoms with Crippen LogP contribution in [0.15, 0.2) is 24.3 Å². The molecule has 0 aromatic heterocycles. The Hall–Kier alpha value is -1.60. The Bertz CT molecular complexity index is 499. The first-order valence-corrected chi connectivity index (χ1v) is 6.68. The van der Waals surface area contributed by atoms with Crippen molar-refractivity contribution in [2.75, 3.05) is 12.3 Å². The molecule has 0 spiro atoms. The van der Waals surface area contributed by atoms with E-state index in [1.165, 1.54) is 12.1 Å². The maximum atomic E-state index is 11.5. The summed E-state index contributed by atoms with van der Waals surface area (Å²) in [5.41, 5.74) is 0.320. The van der Waals surface area contributed by atoms with Gasteiger partial charge in [-0.1, -0.05) is 6.07 Å². The van der Waals surface area contributed by atoms with Crippen LogP contribution >= 0.6 is 0 Å². The van der Waals surface area contributed by atoms with Gasteiger partial charge in [-0.25, -0.2) is 13.6 Å².